The minimum Gasteiger partial charge on any atom is -0.489 e. The number of oxime groups is 1. The van der Waals surface area contributed by atoms with E-state index in [1.807, 2.05) is 12.1 Å². The molecule has 0 saturated carbocycles. The van der Waals surface area contributed by atoms with Crippen LogP contribution in [-0.4, -0.2) is 32.5 Å². The highest BCUT2D eigenvalue weighted by Gasteiger charge is 2.09. The minimum atomic E-state index is -0.425. The fraction of sp³-hybridized carbons (Fsp3) is 0.222. The zero-order valence-electron chi connectivity index (χ0n) is 19.5. The molecule has 0 aromatic heterocycles. The van der Waals surface area contributed by atoms with Crippen LogP contribution >= 0.6 is 0 Å². The molecular formula is C27H25FN2O5. The summed E-state index contributed by atoms with van der Waals surface area (Å²) in [5.41, 5.74) is 3.24. The van der Waals surface area contributed by atoms with E-state index in [0.717, 1.165) is 11.1 Å². The van der Waals surface area contributed by atoms with Crippen molar-refractivity contribution in [3.8, 4) is 17.6 Å². The van der Waals surface area contributed by atoms with Gasteiger partial charge in [0.1, 0.15) is 43.4 Å². The molecule has 0 N–H and O–H groups in total. The van der Waals surface area contributed by atoms with Crippen LogP contribution in [0.5, 0.6) is 11.5 Å². The van der Waals surface area contributed by atoms with Crippen molar-refractivity contribution >= 4 is 11.7 Å². The van der Waals surface area contributed by atoms with Crippen molar-refractivity contribution in [1.82, 2.24) is 0 Å². The topological polar surface area (TPSA) is 90.1 Å². The Labute approximate surface area is 203 Å². The van der Waals surface area contributed by atoms with Crippen LogP contribution in [0.25, 0.3) is 0 Å². The molecule has 0 spiro atoms. The van der Waals surface area contributed by atoms with E-state index < -0.39 is 5.82 Å². The Bertz CT molecular complexity index is 1200. The molecule has 35 heavy (non-hydrogen) atoms. The van der Waals surface area contributed by atoms with Crippen molar-refractivity contribution in [1.29, 1.82) is 5.26 Å². The summed E-state index contributed by atoms with van der Waals surface area (Å²) >= 11 is 0. The van der Waals surface area contributed by atoms with Crippen LogP contribution in [0.1, 0.15) is 28.7 Å². The number of nitriles is 1. The van der Waals surface area contributed by atoms with Crippen molar-refractivity contribution in [3.05, 3.63) is 94.8 Å². The number of carbonyl (C=O) groups is 1. The first-order valence-electron chi connectivity index (χ1n) is 10.8. The first kappa shape index (κ1) is 25.2. The van der Waals surface area contributed by atoms with Crippen LogP contribution in [-0.2, 0) is 27.4 Å². The zero-order valence-corrected chi connectivity index (χ0v) is 19.5. The summed E-state index contributed by atoms with van der Waals surface area (Å²) in [6, 6.07) is 21.0. The van der Waals surface area contributed by atoms with Gasteiger partial charge in [0.2, 0.25) is 0 Å². The summed E-state index contributed by atoms with van der Waals surface area (Å²) in [5.74, 6) is 0.222. The van der Waals surface area contributed by atoms with Gasteiger partial charge >= 0.3 is 5.97 Å². The number of ether oxygens (including phenoxy) is 3. The molecule has 0 aliphatic heterocycles. The maximum atomic E-state index is 14.3. The molecule has 0 amide bonds. The number of aryl methyl sites for hydroxylation is 1. The number of nitrogens with zero attached hydrogens (tertiary/aromatic N) is 2. The van der Waals surface area contributed by atoms with Crippen molar-refractivity contribution < 1.29 is 28.2 Å². The van der Waals surface area contributed by atoms with E-state index in [0.29, 0.717) is 28.3 Å². The highest BCUT2D eigenvalue weighted by Crippen LogP contribution is 2.20. The number of hydrogen-bond acceptors (Lipinski definition) is 7. The molecule has 3 aromatic carbocycles. The molecule has 0 fully saturated rings. The van der Waals surface area contributed by atoms with Crippen LogP contribution in [0.2, 0.25) is 0 Å². The normalized spacial score (nSPS) is 10.9. The smallest absolute Gasteiger partial charge is 0.305 e. The molecule has 3 aromatic rings. The van der Waals surface area contributed by atoms with Crippen LogP contribution in [0.15, 0.2) is 71.9 Å². The summed E-state index contributed by atoms with van der Waals surface area (Å²) in [4.78, 5) is 16.2. The number of halogens is 1. The first-order chi connectivity index (χ1) is 17.0. The number of esters is 1. The fourth-order valence-corrected chi connectivity index (χ4v) is 3.17. The van der Waals surface area contributed by atoms with E-state index in [1.54, 1.807) is 48.5 Å². The SMILES string of the molecule is CON=C(COc1ccc(COc2ccc(CCC(=O)OC)c(F)c2)cc1)c1ccc(C#N)cc1. The highest BCUT2D eigenvalue weighted by atomic mass is 19.1. The summed E-state index contributed by atoms with van der Waals surface area (Å²) < 4.78 is 30.4. The molecule has 0 heterocycles. The zero-order chi connectivity index (χ0) is 25.0. The van der Waals surface area contributed by atoms with Gasteiger partial charge < -0.3 is 19.0 Å². The van der Waals surface area contributed by atoms with Crippen LogP contribution in [0.3, 0.4) is 0 Å². The minimum absolute atomic E-state index is 0.119. The Hall–Kier alpha value is -4.38. The Morgan fingerprint density at radius 1 is 0.971 bits per heavy atom. The summed E-state index contributed by atoms with van der Waals surface area (Å²) in [6.07, 6.45) is 0.385. The first-order valence-corrected chi connectivity index (χ1v) is 10.8. The molecule has 3 rings (SSSR count). The molecule has 0 atom stereocenters. The Morgan fingerprint density at radius 3 is 2.31 bits per heavy atom. The second kappa shape index (κ2) is 12.8. The van der Waals surface area contributed by atoms with E-state index in [1.165, 1.54) is 20.3 Å². The maximum Gasteiger partial charge on any atom is 0.305 e. The predicted molar refractivity (Wildman–Crippen MR) is 128 cm³/mol. The summed E-state index contributed by atoms with van der Waals surface area (Å²) in [6.45, 7) is 0.431. The molecule has 0 aliphatic carbocycles. The van der Waals surface area contributed by atoms with Gasteiger partial charge in [-0.3, -0.25) is 4.79 Å². The number of rotatable bonds is 11. The standard InChI is InChI=1S/C27H25FN2O5/c1-32-27(31)14-10-21-9-13-24(15-25(21)28)34-17-20-5-11-23(12-6-20)35-18-26(30-33-2)22-7-3-19(16-29)4-8-22/h3-9,11-13,15H,10,14,17-18H2,1-2H3. The van der Waals surface area contributed by atoms with E-state index in [2.05, 4.69) is 16.0 Å². The van der Waals surface area contributed by atoms with Crippen molar-refractivity contribution in [2.75, 3.05) is 20.8 Å². The second-order valence-corrected chi connectivity index (χ2v) is 7.46. The number of hydrogen-bond donors (Lipinski definition) is 0. The third kappa shape index (κ3) is 7.57. The molecule has 180 valence electrons. The molecular weight excluding hydrogens is 451 g/mol. The fourth-order valence-electron chi connectivity index (χ4n) is 3.17. The van der Waals surface area contributed by atoms with Crippen molar-refractivity contribution in [2.24, 2.45) is 5.16 Å². The third-order valence-corrected chi connectivity index (χ3v) is 5.10. The summed E-state index contributed by atoms with van der Waals surface area (Å²) in [5, 5.41) is 13.0. The summed E-state index contributed by atoms with van der Waals surface area (Å²) in [7, 11) is 2.76. The molecule has 8 heteroatoms. The van der Waals surface area contributed by atoms with Gasteiger partial charge in [-0.1, -0.05) is 35.5 Å². The molecule has 0 unspecified atom stereocenters. The molecule has 0 saturated heterocycles. The monoisotopic (exact) mass is 476 g/mol. The van der Waals surface area contributed by atoms with E-state index in [4.69, 9.17) is 19.6 Å². The van der Waals surface area contributed by atoms with Crippen molar-refractivity contribution in [2.45, 2.75) is 19.4 Å². The van der Waals surface area contributed by atoms with Gasteiger partial charge in [-0.25, -0.2) is 4.39 Å². The van der Waals surface area contributed by atoms with Gasteiger partial charge in [-0.05, 0) is 47.9 Å². The number of carbonyl (C=O) groups excluding carboxylic acids is 1. The Kier molecular flexibility index (Phi) is 9.20. The molecule has 0 bridgehead atoms. The van der Waals surface area contributed by atoms with Crippen LogP contribution in [0, 0.1) is 17.1 Å². The highest BCUT2D eigenvalue weighted by molar-refractivity contribution is 6.01. The Morgan fingerprint density at radius 2 is 1.69 bits per heavy atom. The van der Waals surface area contributed by atoms with Gasteiger partial charge in [0.05, 0.1) is 18.7 Å². The lowest BCUT2D eigenvalue weighted by Crippen LogP contribution is -2.13. The van der Waals surface area contributed by atoms with Crippen LogP contribution in [0.4, 0.5) is 4.39 Å². The lowest BCUT2D eigenvalue weighted by atomic mass is 10.1. The van der Waals surface area contributed by atoms with Crippen LogP contribution < -0.4 is 9.47 Å². The molecule has 0 aliphatic rings. The van der Waals surface area contributed by atoms with Gasteiger partial charge in [0.25, 0.3) is 0 Å². The van der Waals surface area contributed by atoms with Crippen molar-refractivity contribution in [3.63, 3.8) is 0 Å². The molecule has 7 nitrogen and oxygen atoms in total. The average Bonchev–Trinajstić information content (AvgIpc) is 2.89. The quantitative estimate of drug-likeness (QED) is 0.224. The van der Waals surface area contributed by atoms with Gasteiger partial charge in [0.15, 0.2) is 0 Å². The van der Waals surface area contributed by atoms with E-state index in [9.17, 15) is 9.18 Å². The van der Waals surface area contributed by atoms with E-state index in [-0.39, 0.29) is 32.0 Å². The van der Waals surface area contributed by atoms with Gasteiger partial charge in [-0.2, -0.15) is 5.26 Å². The third-order valence-electron chi connectivity index (χ3n) is 5.10. The molecule has 0 radical (unpaired) electrons. The van der Waals surface area contributed by atoms with Gasteiger partial charge in [0, 0.05) is 18.1 Å². The number of methoxy groups -OCH3 is 1. The predicted octanol–water partition coefficient (Wildman–Crippen LogP) is 4.81. The second-order valence-electron chi connectivity index (χ2n) is 7.46. The lowest BCUT2D eigenvalue weighted by molar-refractivity contribution is -0.140. The van der Waals surface area contributed by atoms with E-state index >= 15 is 0 Å². The Balaban J connectivity index is 1.53. The number of benzene rings is 3. The maximum absolute atomic E-state index is 14.3. The average molecular weight is 477 g/mol. The van der Waals surface area contributed by atoms with Gasteiger partial charge in [-0.15, -0.1) is 0 Å². The largest absolute Gasteiger partial charge is 0.489 e. The lowest BCUT2D eigenvalue weighted by Gasteiger charge is -2.11.